The Morgan fingerprint density at radius 1 is 1.12 bits per heavy atom. The summed E-state index contributed by atoms with van der Waals surface area (Å²) < 4.78 is 3.72. The Kier molecular flexibility index (Phi) is 6.40. The first-order chi connectivity index (χ1) is 11.3. The lowest BCUT2D eigenvalue weighted by atomic mass is 10.2. The minimum Gasteiger partial charge on any atom is -0.314 e. The number of hydrogen-bond acceptors (Lipinski definition) is 5. The van der Waals surface area contributed by atoms with Gasteiger partial charge in [0, 0.05) is 32.7 Å². The molecule has 1 aliphatic heterocycles. The van der Waals surface area contributed by atoms with E-state index in [1.165, 1.54) is 0 Å². The molecular weight excluding hydrogens is 363 g/mol. The first-order valence-corrected chi connectivity index (χ1v) is 8.08. The van der Waals surface area contributed by atoms with Gasteiger partial charge in [-0.15, -0.1) is 35.0 Å². The molecular formula is C16H22Cl2N6O. The number of benzene rings is 1. The van der Waals surface area contributed by atoms with Gasteiger partial charge in [0.05, 0.1) is 17.4 Å². The fourth-order valence-electron chi connectivity index (χ4n) is 3.27. The van der Waals surface area contributed by atoms with E-state index in [4.69, 9.17) is 0 Å². The molecule has 0 atom stereocenters. The Bertz CT molecular complexity index is 916. The van der Waals surface area contributed by atoms with Crippen LogP contribution in [0, 0.1) is 0 Å². The van der Waals surface area contributed by atoms with Crippen molar-refractivity contribution in [3.8, 4) is 0 Å². The van der Waals surface area contributed by atoms with Gasteiger partial charge in [0.15, 0.2) is 5.82 Å². The van der Waals surface area contributed by atoms with E-state index >= 15 is 0 Å². The van der Waals surface area contributed by atoms with E-state index in [1.807, 2.05) is 35.6 Å². The molecule has 1 aliphatic rings. The van der Waals surface area contributed by atoms with Gasteiger partial charge < -0.3 is 5.32 Å². The van der Waals surface area contributed by atoms with Crippen molar-refractivity contribution in [2.45, 2.75) is 20.0 Å². The maximum absolute atomic E-state index is 12.6. The number of aromatic nitrogens is 4. The summed E-state index contributed by atoms with van der Waals surface area (Å²) in [4.78, 5) is 15.0. The van der Waals surface area contributed by atoms with E-state index in [-0.39, 0.29) is 30.4 Å². The van der Waals surface area contributed by atoms with Crippen molar-refractivity contribution >= 4 is 41.5 Å². The van der Waals surface area contributed by atoms with Crippen molar-refractivity contribution in [3.05, 3.63) is 40.4 Å². The van der Waals surface area contributed by atoms with Crippen LogP contribution in [0.25, 0.3) is 16.7 Å². The molecule has 0 aliphatic carbocycles. The zero-order valence-electron chi connectivity index (χ0n) is 14.0. The largest absolute Gasteiger partial charge is 0.314 e. The molecule has 0 bridgehead atoms. The lowest BCUT2D eigenvalue weighted by Crippen LogP contribution is -2.43. The summed E-state index contributed by atoms with van der Waals surface area (Å²) in [5.41, 5.74) is 0.879. The smallest absolute Gasteiger partial charge is 0.262 e. The van der Waals surface area contributed by atoms with Crippen molar-refractivity contribution in [2.24, 2.45) is 0 Å². The van der Waals surface area contributed by atoms with Crippen LogP contribution in [0.15, 0.2) is 29.1 Å². The minimum atomic E-state index is -0.00303. The summed E-state index contributed by atoms with van der Waals surface area (Å²) in [6, 6.07) is 7.69. The number of piperazine rings is 1. The van der Waals surface area contributed by atoms with Crippen LogP contribution in [0.4, 0.5) is 0 Å². The molecule has 3 heterocycles. The fourth-order valence-corrected chi connectivity index (χ4v) is 3.27. The number of nitrogens with zero attached hydrogens (tertiary/aromatic N) is 5. The highest BCUT2D eigenvalue weighted by Gasteiger charge is 2.18. The van der Waals surface area contributed by atoms with Crippen LogP contribution in [0.2, 0.25) is 0 Å². The third-order valence-electron chi connectivity index (χ3n) is 4.47. The molecule has 0 spiro atoms. The van der Waals surface area contributed by atoms with Gasteiger partial charge in [0.25, 0.3) is 5.56 Å². The van der Waals surface area contributed by atoms with Crippen LogP contribution in [-0.2, 0) is 13.1 Å². The number of nitrogens with one attached hydrogen (secondary N) is 1. The molecule has 1 N–H and O–H groups in total. The van der Waals surface area contributed by atoms with Crippen LogP contribution >= 0.6 is 24.8 Å². The normalized spacial score (nSPS) is 15.1. The van der Waals surface area contributed by atoms with Gasteiger partial charge in [0.2, 0.25) is 5.78 Å². The second-order valence-electron chi connectivity index (χ2n) is 5.84. The maximum atomic E-state index is 12.6. The Morgan fingerprint density at radius 3 is 2.56 bits per heavy atom. The first kappa shape index (κ1) is 19.7. The summed E-state index contributed by atoms with van der Waals surface area (Å²) in [5.74, 6) is 1.52. The second-order valence-corrected chi connectivity index (χ2v) is 5.84. The molecule has 1 saturated heterocycles. The Hall–Kier alpha value is -1.67. The quantitative estimate of drug-likeness (QED) is 0.737. The molecule has 25 heavy (non-hydrogen) atoms. The van der Waals surface area contributed by atoms with Gasteiger partial charge in [-0.25, -0.2) is 0 Å². The predicted molar refractivity (Wildman–Crippen MR) is 103 cm³/mol. The van der Waals surface area contributed by atoms with Crippen molar-refractivity contribution < 1.29 is 0 Å². The van der Waals surface area contributed by atoms with Gasteiger partial charge in [-0.1, -0.05) is 12.1 Å². The number of para-hydroxylation sites is 1. The van der Waals surface area contributed by atoms with Gasteiger partial charge in [-0.2, -0.15) is 0 Å². The van der Waals surface area contributed by atoms with Crippen molar-refractivity contribution in [3.63, 3.8) is 0 Å². The van der Waals surface area contributed by atoms with E-state index in [1.54, 1.807) is 4.57 Å². The molecule has 2 aromatic heterocycles. The molecule has 4 rings (SSSR count). The molecule has 9 heteroatoms. The average molecular weight is 385 g/mol. The molecule has 1 fully saturated rings. The average Bonchev–Trinajstić information content (AvgIpc) is 3.00. The van der Waals surface area contributed by atoms with Gasteiger partial charge >= 0.3 is 0 Å². The Balaban J connectivity index is 0.00000113. The van der Waals surface area contributed by atoms with E-state index in [9.17, 15) is 4.79 Å². The van der Waals surface area contributed by atoms with Crippen molar-refractivity contribution in [2.75, 3.05) is 26.2 Å². The molecule has 1 aromatic carbocycles. The van der Waals surface area contributed by atoms with Crippen LogP contribution < -0.4 is 10.9 Å². The molecule has 0 unspecified atom stereocenters. The second kappa shape index (κ2) is 8.14. The first-order valence-electron chi connectivity index (χ1n) is 8.08. The molecule has 7 nitrogen and oxygen atoms in total. The lowest BCUT2D eigenvalue weighted by Gasteiger charge is -2.26. The van der Waals surface area contributed by atoms with E-state index in [0.29, 0.717) is 17.7 Å². The Labute approximate surface area is 157 Å². The topological polar surface area (TPSA) is 67.5 Å². The zero-order chi connectivity index (χ0) is 15.8. The minimum absolute atomic E-state index is 0. The van der Waals surface area contributed by atoms with E-state index in [0.717, 1.165) is 44.1 Å². The number of halogens is 2. The van der Waals surface area contributed by atoms with Crippen molar-refractivity contribution in [1.29, 1.82) is 0 Å². The van der Waals surface area contributed by atoms with Crippen LogP contribution in [0.5, 0.6) is 0 Å². The molecule has 0 amide bonds. The van der Waals surface area contributed by atoms with Crippen LogP contribution in [0.1, 0.15) is 12.7 Å². The SMILES string of the molecule is CCn1c(=O)c2ccccc2n2c(CN3CCNCC3)nnc12.Cl.Cl. The Morgan fingerprint density at radius 2 is 1.84 bits per heavy atom. The predicted octanol–water partition coefficient (Wildman–Crippen LogP) is 1.31. The number of aryl methyl sites for hydroxylation is 1. The number of hydrogen-bond donors (Lipinski definition) is 1. The summed E-state index contributed by atoms with van der Waals surface area (Å²) >= 11 is 0. The maximum Gasteiger partial charge on any atom is 0.262 e. The van der Waals surface area contributed by atoms with Crippen LogP contribution in [0.3, 0.4) is 0 Å². The van der Waals surface area contributed by atoms with E-state index < -0.39 is 0 Å². The summed E-state index contributed by atoms with van der Waals surface area (Å²) in [7, 11) is 0. The fraction of sp³-hybridized carbons (Fsp3) is 0.438. The van der Waals surface area contributed by atoms with Crippen molar-refractivity contribution in [1.82, 2.24) is 29.4 Å². The summed E-state index contributed by atoms with van der Waals surface area (Å²) in [6.07, 6.45) is 0. The zero-order valence-corrected chi connectivity index (χ0v) is 15.6. The highest BCUT2D eigenvalue weighted by molar-refractivity contribution is 5.85. The van der Waals surface area contributed by atoms with Gasteiger partial charge in [0.1, 0.15) is 0 Å². The summed E-state index contributed by atoms with van der Waals surface area (Å²) in [6.45, 7) is 7.28. The third-order valence-corrected chi connectivity index (χ3v) is 4.47. The molecule has 0 radical (unpaired) electrons. The van der Waals surface area contributed by atoms with Gasteiger partial charge in [-0.05, 0) is 19.1 Å². The van der Waals surface area contributed by atoms with Gasteiger partial charge in [-0.3, -0.25) is 18.7 Å². The number of fused-ring (bicyclic) bond motifs is 3. The third kappa shape index (κ3) is 3.37. The highest BCUT2D eigenvalue weighted by Crippen LogP contribution is 2.15. The molecule has 136 valence electrons. The standard InChI is InChI=1S/C16H20N6O.2ClH/c1-2-21-15(23)12-5-3-4-6-13(12)22-14(18-19-16(21)22)11-20-9-7-17-8-10-20;;/h3-6,17H,2,7-11H2,1H3;2*1H. The van der Waals surface area contributed by atoms with Crippen LogP contribution in [-0.4, -0.2) is 50.2 Å². The van der Waals surface area contributed by atoms with E-state index in [2.05, 4.69) is 20.4 Å². The number of rotatable bonds is 3. The summed E-state index contributed by atoms with van der Waals surface area (Å²) in [5, 5.41) is 12.7. The highest BCUT2D eigenvalue weighted by atomic mass is 35.5. The lowest BCUT2D eigenvalue weighted by molar-refractivity contribution is 0.227. The molecule has 0 saturated carbocycles. The molecule has 3 aromatic rings. The monoisotopic (exact) mass is 384 g/mol.